The maximum Gasteiger partial charge on any atom is 0.251 e. The molecule has 0 bridgehead atoms. The van der Waals surface area contributed by atoms with Crippen LogP contribution in [0.15, 0.2) is 47.4 Å². The molecule has 0 unspecified atom stereocenters. The van der Waals surface area contributed by atoms with E-state index in [0.717, 1.165) is 5.56 Å². The average Bonchev–Trinajstić information content (AvgIpc) is 2.79. The van der Waals surface area contributed by atoms with Crippen molar-refractivity contribution in [1.29, 1.82) is 0 Å². The van der Waals surface area contributed by atoms with Gasteiger partial charge in [0.05, 0.1) is 26.4 Å². The molecule has 2 aromatic carbocycles. The molecule has 0 radical (unpaired) electrons. The molecular weight excluding hydrogens is 449 g/mol. The summed E-state index contributed by atoms with van der Waals surface area (Å²) < 4.78 is 52.0. The van der Waals surface area contributed by atoms with Crippen LogP contribution in [0.2, 0.25) is 0 Å². The predicted octanol–water partition coefficient (Wildman–Crippen LogP) is 2.32. The summed E-state index contributed by atoms with van der Waals surface area (Å²) in [5.41, 5.74) is 1.07. The zero-order valence-electron chi connectivity index (χ0n) is 19.0. The number of morpholine rings is 1. The number of ether oxygens (including phenoxy) is 2. The number of hydrogen-bond acceptors (Lipinski definition) is 6. The highest BCUT2D eigenvalue weighted by Gasteiger charge is 2.25. The highest BCUT2D eigenvalue weighted by atomic mass is 32.2. The van der Waals surface area contributed by atoms with Crippen molar-refractivity contribution in [2.75, 3.05) is 40.0 Å². The Labute approximate surface area is 194 Å². The zero-order chi connectivity index (χ0) is 24.0. The first-order chi connectivity index (χ1) is 15.7. The second kappa shape index (κ2) is 11.1. The number of methoxy groups -OCH3 is 1. The zero-order valence-corrected chi connectivity index (χ0v) is 19.8. The molecule has 0 saturated carbocycles. The van der Waals surface area contributed by atoms with Crippen LogP contribution in [0.5, 0.6) is 5.75 Å². The largest absolute Gasteiger partial charge is 0.495 e. The standard InChI is InChI=1S/C23H30FN3O5S/c1-16(2)26-33(29,30)22-14-18(6-9-21(22)31-3)23(28)25-15-20(27-10-12-32-13-11-27)17-4-7-19(24)8-5-17/h4-9,14,16,20,26H,10-13,15H2,1-3H3,(H,25,28)/t20-/m0/s1. The number of benzene rings is 2. The van der Waals surface area contributed by atoms with Gasteiger partial charge in [0, 0.05) is 31.2 Å². The molecule has 1 atom stereocenters. The van der Waals surface area contributed by atoms with Crippen LogP contribution in [0.1, 0.15) is 35.8 Å². The fourth-order valence-electron chi connectivity index (χ4n) is 3.73. The van der Waals surface area contributed by atoms with Crippen molar-refractivity contribution in [2.24, 2.45) is 0 Å². The number of sulfonamides is 1. The third-order valence-corrected chi connectivity index (χ3v) is 6.98. The van der Waals surface area contributed by atoms with Crippen molar-refractivity contribution < 1.29 is 27.1 Å². The maximum atomic E-state index is 13.4. The number of nitrogens with zero attached hydrogens (tertiary/aromatic N) is 1. The third kappa shape index (κ3) is 6.50. The molecule has 2 aromatic rings. The highest BCUT2D eigenvalue weighted by molar-refractivity contribution is 7.89. The molecular formula is C23H30FN3O5S. The number of carbonyl (C=O) groups excluding carboxylic acids is 1. The SMILES string of the molecule is COc1ccc(C(=O)NC[C@@H](c2ccc(F)cc2)N2CCOCC2)cc1S(=O)(=O)NC(C)C. The fraction of sp³-hybridized carbons (Fsp3) is 0.435. The number of halogens is 1. The molecule has 10 heteroatoms. The second-order valence-electron chi connectivity index (χ2n) is 8.07. The van der Waals surface area contributed by atoms with Crippen molar-refractivity contribution in [3.63, 3.8) is 0 Å². The van der Waals surface area contributed by atoms with Crippen molar-refractivity contribution in [3.8, 4) is 5.75 Å². The van der Waals surface area contributed by atoms with Crippen LogP contribution in [0.25, 0.3) is 0 Å². The first-order valence-corrected chi connectivity index (χ1v) is 12.3. The van der Waals surface area contributed by atoms with Crippen LogP contribution in [0.3, 0.4) is 0 Å². The molecule has 1 aliphatic rings. The minimum atomic E-state index is -3.87. The summed E-state index contributed by atoms with van der Waals surface area (Å²) in [6.07, 6.45) is 0. The van der Waals surface area contributed by atoms with E-state index < -0.39 is 15.9 Å². The first-order valence-electron chi connectivity index (χ1n) is 10.8. The molecule has 8 nitrogen and oxygen atoms in total. The Hall–Kier alpha value is -2.53. The number of carbonyl (C=O) groups is 1. The smallest absolute Gasteiger partial charge is 0.251 e. The average molecular weight is 480 g/mol. The summed E-state index contributed by atoms with van der Waals surface area (Å²) in [5.74, 6) is -0.596. The maximum absolute atomic E-state index is 13.4. The van der Waals surface area contributed by atoms with Gasteiger partial charge in [-0.25, -0.2) is 17.5 Å². The van der Waals surface area contributed by atoms with Crippen molar-refractivity contribution in [3.05, 3.63) is 59.4 Å². The van der Waals surface area contributed by atoms with E-state index in [1.165, 1.54) is 37.4 Å². The van der Waals surface area contributed by atoms with Gasteiger partial charge < -0.3 is 14.8 Å². The highest BCUT2D eigenvalue weighted by Crippen LogP contribution is 2.26. The molecule has 0 spiro atoms. The van der Waals surface area contributed by atoms with Gasteiger partial charge in [0.1, 0.15) is 16.5 Å². The van der Waals surface area contributed by atoms with Gasteiger partial charge in [0.25, 0.3) is 5.91 Å². The van der Waals surface area contributed by atoms with Gasteiger partial charge >= 0.3 is 0 Å². The summed E-state index contributed by atoms with van der Waals surface area (Å²) >= 11 is 0. The molecule has 1 aliphatic heterocycles. The summed E-state index contributed by atoms with van der Waals surface area (Å²) in [5, 5.41) is 2.90. The lowest BCUT2D eigenvalue weighted by Crippen LogP contribution is -2.43. The van der Waals surface area contributed by atoms with Gasteiger partial charge in [-0.05, 0) is 49.7 Å². The number of amides is 1. The Kier molecular flexibility index (Phi) is 8.41. The Morgan fingerprint density at radius 1 is 1.15 bits per heavy atom. The molecule has 33 heavy (non-hydrogen) atoms. The Balaban J connectivity index is 1.81. The Morgan fingerprint density at radius 2 is 1.82 bits per heavy atom. The lowest BCUT2D eigenvalue weighted by Gasteiger charge is -2.35. The van der Waals surface area contributed by atoms with Gasteiger partial charge in [-0.2, -0.15) is 0 Å². The lowest BCUT2D eigenvalue weighted by molar-refractivity contribution is 0.0162. The normalized spacial score (nSPS) is 15.9. The fourth-order valence-corrected chi connectivity index (χ4v) is 5.17. The second-order valence-corrected chi connectivity index (χ2v) is 9.75. The van der Waals surface area contributed by atoms with Gasteiger partial charge in [0.2, 0.25) is 10.0 Å². The van der Waals surface area contributed by atoms with Crippen LogP contribution in [0.4, 0.5) is 4.39 Å². The Bertz CT molecular complexity index is 1050. The first kappa shape index (κ1) is 25.1. The molecule has 1 heterocycles. The van der Waals surface area contributed by atoms with Gasteiger partial charge in [-0.3, -0.25) is 9.69 Å². The quantitative estimate of drug-likeness (QED) is 0.573. The molecule has 1 amide bonds. The molecule has 0 aromatic heterocycles. The third-order valence-electron chi connectivity index (χ3n) is 5.30. The van der Waals surface area contributed by atoms with Gasteiger partial charge in [-0.1, -0.05) is 12.1 Å². The van der Waals surface area contributed by atoms with E-state index in [0.29, 0.717) is 26.3 Å². The van der Waals surface area contributed by atoms with Gasteiger partial charge in [-0.15, -0.1) is 0 Å². The lowest BCUT2D eigenvalue weighted by atomic mass is 10.0. The van der Waals surface area contributed by atoms with E-state index in [9.17, 15) is 17.6 Å². The summed E-state index contributed by atoms with van der Waals surface area (Å²) in [6.45, 7) is 6.21. The molecule has 3 rings (SSSR count). The van der Waals surface area contributed by atoms with Crippen molar-refractivity contribution >= 4 is 15.9 Å². The summed E-state index contributed by atoms with van der Waals surface area (Å²) in [4.78, 5) is 15.0. The summed E-state index contributed by atoms with van der Waals surface area (Å²) in [6, 6.07) is 9.99. The van der Waals surface area contributed by atoms with Crippen LogP contribution in [-0.4, -0.2) is 65.2 Å². The molecule has 1 fully saturated rings. The van der Waals surface area contributed by atoms with E-state index in [-0.39, 0.29) is 40.7 Å². The minimum Gasteiger partial charge on any atom is -0.495 e. The van der Waals surface area contributed by atoms with Crippen molar-refractivity contribution in [1.82, 2.24) is 14.9 Å². The monoisotopic (exact) mass is 479 g/mol. The number of rotatable bonds is 9. The number of hydrogen-bond donors (Lipinski definition) is 2. The Morgan fingerprint density at radius 3 is 2.42 bits per heavy atom. The van der Waals surface area contributed by atoms with Crippen LogP contribution in [0, 0.1) is 5.82 Å². The van der Waals surface area contributed by atoms with Crippen LogP contribution < -0.4 is 14.8 Å². The van der Waals surface area contributed by atoms with Crippen LogP contribution >= 0.6 is 0 Å². The topological polar surface area (TPSA) is 97.0 Å². The van der Waals surface area contributed by atoms with Crippen LogP contribution in [-0.2, 0) is 14.8 Å². The van der Waals surface area contributed by atoms with E-state index in [1.54, 1.807) is 26.0 Å². The predicted molar refractivity (Wildman–Crippen MR) is 122 cm³/mol. The van der Waals surface area contributed by atoms with E-state index in [4.69, 9.17) is 9.47 Å². The molecule has 2 N–H and O–H groups in total. The molecule has 1 saturated heterocycles. The molecule has 180 valence electrons. The minimum absolute atomic E-state index is 0.102. The van der Waals surface area contributed by atoms with Gasteiger partial charge in [0.15, 0.2) is 0 Å². The van der Waals surface area contributed by atoms with E-state index in [2.05, 4.69) is 14.9 Å². The van der Waals surface area contributed by atoms with E-state index >= 15 is 0 Å². The summed E-state index contributed by atoms with van der Waals surface area (Å²) in [7, 11) is -2.49. The number of nitrogens with one attached hydrogen (secondary N) is 2. The van der Waals surface area contributed by atoms with E-state index in [1.807, 2.05) is 0 Å². The van der Waals surface area contributed by atoms with Crippen molar-refractivity contribution in [2.45, 2.75) is 30.8 Å². The molecule has 0 aliphatic carbocycles.